The molecule has 0 saturated carbocycles. The third-order valence-electron chi connectivity index (χ3n) is 0.971. The van der Waals surface area contributed by atoms with Crippen molar-refractivity contribution < 1.29 is 24.2 Å². The minimum atomic E-state index is -1.17. The highest BCUT2D eigenvalue weighted by atomic mass is 16.5. The molecule has 0 aromatic rings. The zero-order valence-electron chi connectivity index (χ0n) is 8.65. The molecule has 0 aromatic carbocycles. The molecular formula is C9H16O5. The van der Waals surface area contributed by atoms with Gasteiger partial charge in [-0.15, -0.1) is 0 Å². The summed E-state index contributed by atoms with van der Waals surface area (Å²) in [6.45, 7) is 5.67. The van der Waals surface area contributed by atoms with Gasteiger partial charge in [0.05, 0.1) is 7.11 Å². The second-order valence-corrected chi connectivity index (χ2v) is 1.98. The van der Waals surface area contributed by atoms with E-state index in [2.05, 4.69) is 4.74 Å². The lowest BCUT2D eigenvalue weighted by atomic mass is 10.5. The third kappa shape index (κ3) is 16.9. The fraction of sp³-hybridized carbons (Fsp3) is 0.556. The average molecular weight is 204 g/mol. The first-order valence-electron chi connectivity index (χ1n) is 4.15. The Bertz CT molecular complexity index is 184. The topological polar surface area (TPSA) is 72.8 Å². The van der Waals surface area contributed by atoms with E-state index in [9.17, 15) is 9.59 Å². The molecule has 0 spiro atoms. The Morgan fingerprint density at radius 3 is 1.93 bits per heavy atom. The van der Waals surface area contributed by atoms with Gasteiger partial charge in [-0.05, 0) is 13.8 Å². The maximum atomic E-state index is 10.1. The van der Waals surface area contributed by atoms with Gasteiger partial charge >= 0.3 is 11.9 Å². The largest absolute Gasteiger partial charge is 0.478 e. The summed E-state index contributed by atoms with van der Waals surface area (Å²) < 4.78 is 8.94. The molecule has 0 aliphatic heterocycles. The maximum absolute atomic E-state index is 10.1. The van der Waals surface area contributed by atoms with Crippen molar-refractivity contribution in [2.45, 2.75) is 13.8 Å². The molecule has 0 amide bonds. The number of aliphatic carboxylic acids is 1. The summed E-state index contributed by atoms with van der Waals surface area (Å²) in [6, 6.07) is 0. The SMILES string of the molecule is CCOCC.COC(=O)/C=C\C(=O)O. The Balaban J connectivity index is 0. The molecule has 0 unspecified atom stereocenters. The van der Waals surface area contributed by atoms with E-state index in [1.54, 1.807) is 0 Å². The number of ether oxygens (including phenoxy) is 2. The Morgan fingerprint density at radius 1 is 1.21 bits per heavy atom. The standard InChI is InChI=1S/C5H6O4.C4H10O/c1-9-5(8)3-2-4(6)7;1-3-5-4-2/h2-3H,1H3,(H,6,7);3-4H2,1-2H3/b3-2-;. The number of carboxylic acid groups (broad SMARTS) is 1. The highest BCUT2D eigenvalue weighted by Crippen LogP contribution is 1.76. The molecule has 0 bridgehead atoms. The molecule has 0 aliphatic carbocycles. The summed E-state index contributed by atoms with van der Waals surface area (Å²) in [5, 5.41) is 7.96. The molecule has 14 heavy (non-hydrogen) atoms. The van der Waals surface area contributed by atoms with Crippen molar-refractivity contribution in [2.24, 2.45) is 0 Å². The molecule has 5 heteroatoms. The fourth-order valence-electron chi connectivity index (χ4n) is 0.411. The van der Waals surface area contributed by atoms with Crippen LogP contribution < -0.4 is 0 Å². The molecule has 0 aromatic heterocycles. The van der Waals surface area contributed by atoms with Crippen molar-refractivity contribution in [3.05, 3.63) is 12.2 Å². The van der Waals surface area contributed by atoms with Crippen LogP contribution in [-0.2, 0) is 19.1 Å². The van der Waals surface area contributed by atoms with Crippen LogP contribution in [0.5, 0.6) is 0 Å². The highest BCUT2D eigenvalue weighted by molar-refractivity contribution is 5.90. The molecule has 0 saturated heterocycles. The minimum Gasteiger partial charge on any atom is -0.478 e. The van der Waals surface area contributed by atoms with Gasteiger partial charge in [-0.1, -0.05) is 0 Å². The Labute approximate surface area is 83.3 Å². The van der Waals surface area contributed by atoms with Gasteiger partial charge in [-0.2, -0.15) is 0 Å². The van der Waals surface area contributed by atoms with E-state index in [0.29, 0.717) is 6.08 Å². The number of hydrogen-bond acceptors (Lipinski definition) is 4. The van der Waals surface area contributed by atoms with E-state index in [4.69, 9.17) is 9.84 Å². The van der Waals surface area contributed by atoms with Crippen LogP contribution >= 0.6 is 0 Å². The molecule has 0 heterocycles. The van der Waals surface area contributed by atoms with Crippen molar-refractivity contribution in [3.8, 4) is 0 Å². The number of carboxylic acids is 1. The summed E-state index contributed by atoms with van der Waals surface area (Å²) in [5.41, 5.74) is 0. The Hall–Kier alpha value is -1.36. The predicted molar refractivity (Wildman–Crippen MR) is 51.0 cm³/mol. The van der Waals surface area contributed by atoms with E-state index < -0.39 is 11.9 Å². The van der Waals surface area contributed by atoms with Crippen LogP contribution in [0.4, 0.5) is 0 Å². The normalized spacial score (nSPS) is 9.07. The van der Waals surface area contributed by atoms with Crippen LogP contribution in [0.2, 0.25) is 0 Å². The van der Waals surface area contributed by atoms with Gasteiger partial charge in [-0.25, -0.2) is 9.59 Å². The number of hydrogen-bond donors (Lipinski definition) is 1. The molecule has 0 radical (unpaired) electrons. The molecule has 5 nitrogen and oxygen atoms in total. The summed E-state index contributed by atoms with van der Waals surface area (Å²) >= 11 is 0. The maximum Gasteiger partial charge on any atom is 0.330 e. The Morgan fingerprint density at radius 2 is 1.71 bits per heavy atom. The predicted octanol–water partition coefficient (Wildman–Crippen LogP) is 0.843. The van der Waals surface area contributed by atoms with E-state index in [0.717, 1.165) is 19.3 Å². The van der Waals surface area contributed by atoms with E-state index in [1.165, 1.54) is 7.11 Å². The van der Waals surface area contributed by atoms with E-state index in [-0.39, 0.29) is 0 Å². The number of carbonyl (C=O) groups excluding carboxylic acids is 1. The zero-order valence-corrected chi connectivity index (χ0v) is 8.65. The molecule has 0 atom stereocenters. The third-order valence-corrected chi connectivity index (χ3v) is 0.971. The summed E-state index contributed by atoms with van der Waals surface area (Å²) in [7, 11) is 1.18. The second kappa shape index (κ2) is 11.6. The number of rotatable bonds is 4. The van der Waals surface area contributed by atoms with Crippen molar-refractivity contribution in [2.75, 3.05) is 20.3 Å². The van der Waals surface area contributed by atoms with Gasteiger partial charge in [0.1, 0.15) is 0 Å². The van der Waals surface area contributed by atoms with Crippen LogP contribution in [0.25, 0.3) is 0 Å². The van der Waals surface area contributed by atoms with Gasteiger partial charge in [0.2, 0.25) is 0 Å². The van der Waals surface area contributed by atoms with Gasteiger partial charge in [-0.3, -0.25) is 0 Å². The second-order valence-electron chi connectivity index (χ2n) is 1.98. The number of esters is 1. The average Bonchev–Trinajstić information content (AvgIpc) is 2.16. The van der Waals surface area contributed by atoms with Crippen molar-refractivity contribution in [1.29, 1.82) is 0 Å². The first-order chi connectivity index (χ1) is 6.58. The molecule has 0 aliphatic rings. The number of methoxy groups -OCH3 is 1. The Kier molecular flexibility index (Phi) is 12.6. The monoisotopic (exact) mass is 204 g/mol. The molecular weight excluding hydrogens is 188 g/mol. The lowest BCUT2D eigenvalue weighted by molar-refractivity contribution is -0.136. The smallest absolute Gasteiger partial charge is 0.330 e. The summed E-state index contributed by atoms with van der Waals surface area (Å²) in [5.74, 6) is -1.84. The van der Waals surface area contributed by atoms with Crippen LogP contribution in [0, 0.1) is 0 Å². The minimum absolute atomic E-state index is 0.669. The first kappa shape index (κ1) is 15.1. The highest BCUT2D eigenvalue weighted by Gasteiger charge is 1.91. The molecule has 1 N–H and O–H groups in total. The summed E-state index contributed by atoms with van der Waals surface area (Å²) in [4.78, 5) is 19.9. The lowest BCUT2D eigenvalue weighted by Gasteiger charge is -1.86. The number of carbonyl (C=O) groups is 2. The van der Waals surface area contributed by atoms with Gasteiger partial charge in [0.25, 0.3) is 0 Å². The van der Waals surface area contributed by atoms with E-state index >= 15 is 0 Å². The molecule has 82 valence electrons. The van der Waals surface area contributed by atoms with Gasteiger partial charge in [0.15, 0.2) is 0 Å². The lowest BCUT2D eigenvalue weighted by Crippen LogP contribution is -1.96. The van der Waals surface area contributed by atoms with Crippen molar-refractivity contribution >= 4 is 11.9 Å². The van der Waals surface area contributed by atoms with Crippen LogP contribution in [0.1, 0.15) is 13.8 Å². The zero-order chi connectivity index (χ0) is 11.4. The van der Waals surface area contributed by atoms with Crippen LogP contribution in [0.3, 0.4) is 0 Å². The van der Waals surface area contributed by atoms with Crippen molar-refractivity contribution in [3.63, 3.8) is 0 Å². The van der Waals surface area contributed by atoms with Crippen LogP contribution in [-0.4, -0.2) is 37.4 Å². The van der Waals surface area contributed by atoms with Gasteiger partial charge in [0, 0.05) is 25.4 Å². The van der Waals surface area contributed by atoms with Crippen molar-refractivity contribution in [1.82, 2.24) is 0 Å². The quantitative estimate of drug-likeness (QED) is 0.542. The summed E-state index contributed by atoms with van der Waals surface area (Å²) in [6.07, 6.45) is 1.55. The first-order valence-corrected chi connectivity index (χ1v) is 4.15. The van der Waals surface area contributed by atoms with Gasteiger partial charge < -0.3 is 14.6 Å². The molecule has 0 rings (SSSR count). The molecule has 0 fully saturated rings. The van der Waals surface area contributed by atoms with E-state index in [1.807, 2.05) is 13.8 Å². The van der Waals surface area contributed by atoms with Crippen LogP contribution in [0.15, 0.2) is 12.2 Å². The fourth-order valence-corrected chi connectivity index (χ4v) is 0.411.